The highest BCUT2D eigenvalue weighted by molar-refractivity contribution is 5.32. The van der Waals surface area contributed by atoms with Gasteiger partial charge in [-0.1, -0.05) is 17.3 Å². The molecule has 0 radical (unpaired) electrons. The molecule has 0 saturated heterocycles. The Balaban J connectivity index is 1.90. The average molecular weight is 269 g/mol. The molecule has 1 N–H and O–H groups in total. The van der Waals surface area contributed by atoms with Crippen LogP contribution in [0.25, 0.3) is 0 Å². The number of hydrogen-bond acceptors (Lipinski definition) is 4. The maximum absolute atomic E-state index is 8.85. The van der Waals surface area contributed by atoms with E-state index in [0.29, 0.717) is 18.7 Å². The molecule has 0 amide bonds. The molecule has 0 spiro atoms. The maximum atomic E-state index is 8.85. The Morgan fingerprint density at radius 3 is 2.75 bits per heavy atom. The molecular formula is C15H19N5. The Bertz CT molecular complexity index is 616. The zero-order chi connectivity index (χ0) is 14.6. The van der Waals surface area contributed by atoms with Crippen LogP contribution in [0.15, 0.2) is 30.5 Å². The van der Waals surface area contributed by atoms with Crippen molar-refractivity contribution in [2.75, 3.05) is 0 Å². The van der Waals surface area contributed by atoms with Crippen molar-refractivity contribution in [3.8, 4) is 6.07 Å². The van der Waals surface area contributed by atoms with E-state index in [9.17, 15) is 0 Å². The van der Waals surface area contributed by atoms with Gasteiger partial charge in [-0.05, 0) is 38.5 Å². The van der Waals surface area contributed by atoms with Crippen LogP contribution in [-0.4, -0.2) is 15.0 Å². The topological polar surface area (TPSA) is 66.5 Å². The molecule has 0 unspecified atom stereocenters. The van der Waals surface area contributed by atoms with Crippen LogP contribution in [0, 0.1) is 11.3 Å². The van der Waals surface area contributed by atoms with Crippen molar-refractivity contribution >= 4 is 0 Å². The van der Waals surface area contributed by atoms with Gasteiger partial charge in [-0.2, -0.15) is 5.26 Å². The summed E-state index contributed by atoms with van der Waals surface area (Å²) >= 11 is 0. The third-order valence-electron chi connectivity index (χ3n) is 2.92. The average Bonchev–Trinajstić information content (AvgIpc) is 2.88. The van der Waals surface area contributed by atoms with Crippen molar-refractivity contribution in [2.45, 2.75) is 39.4 Å². The first-order valence-electron chi connectivity index (χ1n) is 6.60. The van der Waals surface area contributed by atoms with Gasteiger partial charge in [-0.25, -0.2) is 4.68 Å². The second kappa shape index (κ2) is 5.85. The van der Waals surface area contributed by atoms with Crippen molar-refractivity contribution in [1.29, 1.82) is 5.26 Å². The SMILES string of the molecule is CC(C)(C)n1cc(CNCc2cccc(C#N)c2)nn1. The Morgan fingerprint density at radius 1 is 1.30 bits per heavy atom. The zero-order valence-corrected chi connectivity index (χ0v) is 12.1. The Kier molecular flexibility index (Phi) is 4.16. The van der Waals surface area contributed by atoms with E-state index in [1.54, 1.807) is 6.07 Å². The number of benzene rings is 1. The first-order chi connectivity index (χ1) is 9.49. The lowest BCUT2D eigenvalue weighted by Crippen LogP contribution is -2.22. The number of hydrogen-bond donors (Lipinski definition) is 1. The molecule has 2 aromatic rings. The lowest BCUT2D eigenvalue weighted by atomic mass is 10.1. The summed E-state index contributed by atoms with van der Waals surface area (Å²) in [5.74, 6) is 0. The summed E-state index contributed by atoms with van der Waals surface area (Å²) in [4.78, 5) is 0. The fourth-order valence-electron chi connectivity index (χ4n) is 1.79. The van der Waals surface area contributed by atoms with Gasteiger partial charge in [-0.15, -0.1) is 5.10 Å². The molecule has 20 heavy (non-hydrogen) atoms. The van der Waals surface area contributed by atoms with E-state index in [-0.39, 0.29) is 5.54 Å². The highest BCUT2D eigenvalue weighted by atomic mass is 15.4. The summed E-state index contributed by atoms with van der Waals surface area (Å²) in [7, 11) is 0. The molecule has 0 bridgehead atoms. The summed E-state index contributed by atoms with van der Waals surface area (Å²) in [5.41, 5.74) is 2.64. The van der Waals surface area contributed by atoms with E-state index in [0.717, 1.165) is 11.3 Å². The van der Waals surface area contributed by atoms with Gasteiger partial charge in [0.2, 0.25) is 0 Å². The van der Waals surface area contributed by atoms with Crippen LogP contribution < -0.4 is 5.32 Å². The minimum absolute atomic E-state index is 0.0492. The van der Waals surface area contributed by atoms with Gasteiger partial charge in [0.05, 0.1) is 29.1 Å². The Hall–Kier alpha value is -2.19. The summed E-state index contributed by atoms with van der Waals surface area (Å²) in [5, 5.41) is 20.4. The second-order valence-electron chi connectivity index (χ2n) is 5.74. The number of rotatable bonds is 4. The molecule has 0 saturated carbocycles. The van der Waals surface area contributed by atoms with Gasteiger partial charge >= 0.3 is 0 Å². The third-order valence-corrected chi connectivity index (χ3v) is 2.92. The van der Waals surface area contributed by atoms with Gasteiger partial charge in [-0.3, -0.25) is 0 Å². The van der Waals surface area contributed by atoms with Crippen molar-refractivity contribution in [3.05, 3.63) is 47.3 Å². The molecule has 0 fully saturated rings. The first kappa shape index (κ1) is 14.2. The fourth-order valence-corrected chi connectivity index (χ4v) is 1.79. The van der Waals surface area contributed by atoms with Gasteiger partial charge < -0.3 is 5.32 Å². The smallest absolute Gasteiger partial charge is 0.0991 e. The molecule has 2 rings (SSSR count). The van der Waals surface area contributed by atoms with Crippen LogP contribution in [0.2, 0.25) is 0 Å². The highest BCUT2D eigenvalue weighted by Crippen LogP contribution is 2.11. The normalized spacial score (nSPS) is 11.3. The van der Waals surface area contributed by atoms with Gasteiger partial charge in [0.1, 0.15) is 0 Å². The lowest BCUT2D eigenvalue weighted by Gasteiger charge is -2.17. The summed E-state index contributed by atoms with van der Waals surface area (Å²) in [6.45, 7) is 7.63. The maximum Gasteiger partial charge on any atom is 0.0991 e. The number of nitriles is 1. The number of nitrogens with zero attached hydrogens (tertiary/aromatic N) is 4. The van der Waals surface area contributed by atoms with Crippen molar-refractivity contribution < 1.29 is 0 Å². The van der Waals surface area contributed by atoms with Gasteiger partial charge in [0.25, 0.3) is 0 Å². The molecule has 1 aromatic carbocycles. The van der Waals surface area contributed by atoms with E-state index in [1.807, 2.05) is 29.1 Å². The lowest BCUT2D eigenvalue weighted by molar-refractivity contribution is 0.347. The molecule has 1 heterocycles. The van der Waals surface area contributed by atoms with Crippen LogP contribution in [0.5, 0.6) is 0 Å². The monoisotopic (exact) mass is 269 g/mol. The molecule has 5 heteroatoms. The molecule has 0 aliphatic rings. The second-order valence-corrected chi connectivity index (χ2v) is 5.74. The summed E-state index contributed by atoms with van der Waals surface area (Å²) in [6.07, 6.45) is 1.96. The Morgan fingerprint density at radius 2 is 2.10 bits per heavy atom. The van der Waals surface area contributed by atoms with Crippen molar-refractivity contribution in [1.82, 2.24) is 20.3 Å². The van der Waals surface area contributed by atoms with E-state index in [2.05, 4.69) is 42.5 Å². The minimum Gasteiger partial charge on any atom is -0.307 e. The number of nitrogens with one attached hydrogen (secondary N) is 1. The summed E-state index contributed by atoms with van der Waals surface area (Å²) in [6, 6.07) is 9.73. The first-order valence-corrected chi connectivity index (χ1v) is 6.60. The van der Waals surface area contributed by atoms with Crippen LogP contribution in [-0.2, 0) is 18.6 Å². The molecule has 1 aromatic heterocycles. The highest BCUT2D eigenvalue weighted by Gasteiger charge is 2.14. The molecule has 0 aliphatic heterocycles. The predicted octanol–water partition coefficient (Wildman–Crippen LogP) is 2.19. The zero-order valence-electron chi connectivity index (χ0n) is 12.1. The minimum atomic E-state index is -0.0492. The molecular weight excluding hydrogens is 250 g/mol. The van der Waals surface area contributed by atoms with Crippen molar-refractivity contribution in [3.63, 3.8) is 0 Å². The van der Waals surface area contributed by atoms with Gasteiger partial charge in [0.15, 0.2) is 0 Å². The van der Waals surface area contributed by atoms with Crippen LogP contribution in [0.3, 0.4) is 0 Å². The van der Waals surface area contributed by atoms with Crippen LogP contribution >= 0.6 is 0 Å². The molecule has 5 nitrogen and oxygen atoms in total. The molecule has 0 aliphatic carbocycles. The van der Waals surface area contributed by atoms with Crippen molar-refractivity contribution in [2.24, 2.45) is 0 Å². The molecule has 104 valence electrons. The molecule has 0 atom stereocenters. The van der Waals surface area contributed by atoms with Crippen LogP contribution in [0.1, 0.15) is 37.6 Å². The standard InChI is InChI=1S/C15H19N5/c1-15(2,3)20-11-14(18-19-20)10-17-9-13-6-4-5-12(7-13)8-16/h4-7,11,17H,9-10H2,1-3H3. The third kappa shape index (κ3) is 3.65. The van der Waals surface area contributed by atoms with E-state index in [1.165, 1.54) is 0 Å². The van der Waals surface area contributed by atoms with Gasteiger partial charge in [0, 0.05) is 13.1 Å². The summed E-state index contributed by atoms with van der Waals surface area (Å²) < 4.78 is 1.86. The largest absolute Gasteiger partial charge is 0.307 e. The Labute approximate surface area is 119 Å². The van der Waals surface area contributed by atoms with E-state index >= 15 is 0 Å². The van der Waals surface area contributed by atoms with E-state index < -0.39 is 0 Å². The quantitative estimate of drug-likeness (QED) is 0.924. The number of aromatic nitrogens is 3. The van der Waals surface area contributed by atoms with E-state index in [4.69, 9.17) is 5.26 Å². The fraction of sp³-hybridized carbons (Fsp3) is 0.400. The van der Waals surface area contributed by atoms with Crippen LogP contribution in [0.4, 0.5) is 0 Å². The predicted molar refractivity (Wildman–Crippen MR) is 76.7 cm³/mol.